The number of fused-ring (bicyclic) bond motifs is 9. The van der Waals surface area contributed by atoms with Gasteiger partial charge >= 0.3 is 21.1 Å². The number of nitrogens with zero attached hydrogens (tertiary/aromatic N) is 3. The minimum atomic E-state index is -0.476. The van der Waals surface area contributed by atoms with Crippen LogP contribution in [0.1, 0.15) is 172 Å². The maximum Gasteiger partial charge on any atom is 0.494 e. The predicted octanol–water partition coefficient (Wildman–Crippen LogP) is 27.1. The zero-order valence-corrected chi connectivity index (χ0v) is 74.9. The summed E-state index contributed by atoms with van der Waals surface area (Å²) in [5, 5.41) is 8.71. The SMILES string of the molecule is BrCI.CC.CC.CC.CC.CC.CC.CC1(C)OB(B2OC(C)(C)C(C)(C)O2)OC1(C)C.Cn1c2ccccc2c2cc(-c3cccc(B4OC(C)(C)C(C)(C)O4)c3)ccc21.Cn1c2ccccc2c2cc(-c3cccc(Br)c3)ccc21.Cn1c2ccccc2c2cc(-c3cccc(CBr)c3)ccc21. The molecule has 3 aliphatic heterocycles. The molecule has 15 rings (SSSR count). The van der Waals surface area contributed by atoms with Gasteiger partial charge in [0, 0.05) is 96.4 Å². The smallest absolute Gasteiger partial charge is 0.405 e. The van der Waals surface area contributed by atoms with Gasteiger partial charge in [-0.2, -0.15) is 0 Å². The van der Waals surface area contributed by atoms with Crippen molar-refractivity contribution in [2.24, 2.45) is 21.1 Å². The third-order valence-electron chi connectivity index (χ3n) is 19.8. The summed E-state index contributed by atoms with van der Waals surface area (Å²) in [6, 6.07) is 71.6. The Morgan fingerprint density at radius 1 is 0.305 bits per heavy atom. The summed E-state index contributed by atoms with van der Waals surface area (Å²) in [4.78, 5) is 0. The van der Waals surface area contributed by atoms with Crippen LogP contribution in [0.25, 0.3) is 98.8 Å². The molecule has 0 saturated carbocycles. The van der Waals surface area contributed by atoms with Crippen molar-refractivity contribution in [3.8, 4) is 33.4 Å². The predicted molar refractivity (Wildman–Crippen MR) is 482 cm³/mol. The van der Waals surface area contributed by atoms with Crippen LogP contribution < -0.4 is 5.46 Å². The molecule has 3 aromatic heterocycles. The quantitative estimate of drug-likeness (QED) is 0.0939. The van der Waals surface area contributed by atoms with Crippen LogP contribution in [0.2, 0.25) is 0 Å². The summed E-state index contributed by atoms with van der Waals surface area (Å²) < 4.78 is 45.3. The minimum Gasteiger partial charge on any atom is -0.405 e. The Morgan fingerprint density at radius 3 is 0.895 bits per heavy atom. The molecule has 0 bridgehead atoms. The van der Waals surface area contributed by atoms with E-state index in [1.807, 2.05) is 138 Å². The van der Waals surface area contributed by atoms with Crippen molar-refractivity contribution in [3.63, 3.8) is 0 Å². The fraction of sp³-hybridized carbons (Fsp3) is 0.393. The molecule has 0 atom stereocenters. The molecule has 0 spiro atoms. The molecule has 3 saturated heterocycles. The number of hydrogen-bond acceptors (Lipinski definition) is 6. The van der Waals surface area contributed by atoms with E-state index in [4.69, 9.17) is 27.9 Å². The Kier molecular flexibility index (Phi) is 34.6. The van der Waals surface area contributed by atoms with Crippen LogP contribution in [0.5, 0.6) is 0 Å². The average Bonchev–Trinajstić information content (AvgIpc) is 1.65. The maximum atomic E-state index is 6.25. The molecule has 0 radical (unpaired) electrons. The lowest BCUT2D eigenvalue weighted by atomic mass is 9.49. The summed E-state index contributed by atoms with van der Waals surface area (Å²) in [5.74, 6) is 0. The number of aryl methyl sites for hydroxylation is 3. The van der Waals surface area contributed by atoms with Crippen LogP contribution >= 0.6 is 70.4 Å². The highest BCUT2D eigenvalue weighted by molar-refractivity contribution is 14.1. The first-order valence-corrected chi connectivity index (χ1v) is 42.3. The molecule has 6 heterocycles. The van der Waals surface area contributed by atoms with E-state index in [0.29, 0.717) is 0 Å². The average molecular weight is 1720 g/mol. The summed E-state index contributed by atoms with van der Waals surface area (Å²) in [6.45, 7) is 48.6. The first-order chi connectivity index (χ1) is 50.1. The normalized spacial score (nSPS) is 15.6. The Hall–Kier alpha value is -5.50. The van der Waals surface area contributed by atoms with E-state index in [2.05, 4.69) is 333 Å². The van der Waals surface area contributed by atoms with E-state index < -0.39 is 14.0 Å². The monoisotopic (exact) mass is 1720 g/mol. The fourth-order valence-corrected chi connectivity index (χ4v) is 13.1. The molecule has 3 aliphatic rings. The number of hydrogen-bond donors (Lipinski definition) is 0. The second-order valence-corrected chi connectivity index (χ2v) is 32.2. The van der Waals surface area contributed by atoms with Crippen LogP contribution in [0.15, 0.2) is 205 Å². The van der Waals surface area contributed by atoms with E-state index >= 15 is 0 Å². The van der Waals surface area contributed by atoms with Gasteiger partial charge in [0.1, 0.15) is 0 Å². The topological polar surface area (TPSA) is 70.2 Å². The van der Waals surface area contributed by atoms with Crippen molar-refractivity contribution in [1.29, 1.82) is 0 Å². The first kappa shape index (κ1) is 90.1. The third-order valence-corrected chi connectivity index (χ3v) is 21.0. The highest BCUT2D eigenvalue weighted by Crippen LogP contribution is 2.44. The number of para-hydroxylation sites is 3. The molecule has 0 N–H and O–H groups in total. The lowest BCUT2D eigenvalue weighted by Gasteiger charge is -2.32. The van der Waals surface area contributed by atoms with E-state index in [-0.39, 0.29) is 40.7 Å². The molecule has 105 heavy (non-hydrogen) atoms. The van der Waals surface area contributed by atoms with Gasteiger partial charge in [-0.25, -0.2) is 0 Å². The molecule has 3 fully saturated rings. The largest absolute Gasteiger partial charge is 0.494 e. The van der Waals surface area contributed by atoms with Crippen LogP contribution in [-0.4, -0.2) is 71.8 Å². The van der Waals surface area contributed by atoms with Gasteiger partial charge in [0.05, 0.1) is 36.9 Å². The Balaban J connectivity index is 0.000000239. The van der Waals surface area contributed by atoms with E-state index in [1.54, 1.807) is 0 Å². The third kappa shape index (κ3) is 20.5. The second kappa shape index (κ2) is 40.3. The Morgan fingerprint density at radius 2 is 0.571 bits per heavy atom. The second-order valence-electron chi connectivity index (χ2n) is 27.3. The molecule has 9 aromatic carbocycles. The summed E-state index contributed by atoms with van der Waals surface area (Å²) >= 11 is 12.4. The summed E-state index contributed by atoms with van der Waals surface area (Å²) in [5.41, 5.74) is 15.3. The van der Waals surface area contributed by atoms with Crippen molar-refractivity contribution < 1.29 is 27.9 Å². The van der Waals surface area contributed by atoms with Crippen molar-refractivity contribution in [1.82, 2.24) is 13.7 Å². The Labute approximate surface area is 671 Å². The van der Waals surface area contributed by atoms with Crippen LogP contribution in [0.4, 0.5) is 0 Å². The molecule has 0 amide bonds. The van der Waals surface area contributed by atoms with Crippen molar-refractivity contribution in [3.05, 3.63) is 210 Å². The van der Waals surface area contributed by atoms with Crippen LogP contribution in [0.3, 0.4) is 0 Å². The molecule has 0 aliphatic carbocycles. The standard InChI is InChI=1S/C25H26BNO2.C20H16BrN.C19H14BrN.C12H24B2O4.6C2H6.CH2BrI/c1-24(2)25(3,4)29-26(28-24)19-10-8-9-17(15-19)18-13-14-23-21(16-18)20-11-6-7-12-22(20)27(23)5;1-22-19-8-3-2-7-17(19)18-12-16(9-10-20(18)22)15-6-4-5-14(11-15)13-21;1-21-18-8-3-2-7-16(18)17-12-14(9-10-19(17)21)13-5-4-6-15(20)11-13;1-9(2)10(3,4)16-13(15-9)14-17-11(5,6)12(7,8)18-14;6*1-2;2-1-3/h6-16H,1-5H3;2-12H,13H2,1H3;2-12H,1H3;1-8H3;6*1-2H3;1H2. The van der Waals surface area contributed by atoms with E-state index in [9.17, 15) is 0 Å². The molecule has 9 nitrogen and oxygen atoms in total. The highest BCUT2D eigenvalue weighted by atomic mass is 127. The molecule has 16 heteroatoms. The van der Waals surface area contributed by atoms with Crippen LogP contribution in [0, 0.1) is 0 Å². The van der Waals surface area contributed by atoms with E-state index in [1.165, 1.54) is 104 Å². The van der Waals surface area contributed by atoms with Gasteiger partial charge in [0.15, 0.2) is 0 Å². The molecule has 0 unspecified atom stereocenters. The van der Waals surface area contributed by atoms with Gasteiger partial charge in [-0.1, -0.05) is 287 Å². The maximum absolute atomic E-state index is 6.25. The molecule has 562 valence electrons. The van der Waals surface area contributed by atoms with Crippen molar-refractivity contribution in [2.45, 2.75) is 205 Å². The number of halogens is 4. The van der Waals surface area contributed by atoms with Crippen molar-refractivity contribution in [2.75, 3.05) is 3.34 Å². The van der Waals surface area contributed by atoms with Gasteiger partial charge < -0.3 is 41.6 Å². The fourth-order valence-electron chi connectivity index (χ4n) is 12.4. The number of aromatic nitrogens is 3. The van der Waals surface area contributed by atoms with Gasteiger partial charge in [0.2, 0.25) is 0 Å². The van der Waals surface area contributed by atoms with E-state index in [0.717, 1.165) is 18.6 Å². The number of rotatable bonds is 6. The minimum absolute atomic E-state index is 0.338. The van der Waals surface area contributed by atoms with Crippen molar-refractivity contribution >= 4 is 162 Å². The zero-order valence-electron chi connectivity index (χ0n) is 68.0. The van der Waals surface area contributed by atoms with Gasteiger partial charge in [-0.3, -0.25) is 0 Å². The first-order valence-electron chi connectivity index (χ1n) is 37.7. The zero-order chi connectivity index (χ0) is 78.6. The lowest BCUT2D eigenvalue weighted by molar-refractivity contribution is 0.00578. The highest BCUT2D eigenvalue weighted by Gasteiger charge is 2.64. The molecular formula is C89H118B3Br3IN3O6. The van der Waals surface area contributed by atoms with Gasteiger partial charge in [-0.15, -0.1) is 0 Å². The molecular weight excluding hydrogens is 1610 g/mol. The summed E-state index contributed by atoms with van der Waals surface area (Å²) in [7, 11) is 5.09. The van der Waals surface area contributed by atoms with Crippen LogP contribution in [-0.2, 0) is 54.4 Å². The lowest BCUT2D eigenvalue weighted by Crippen LogP contribution is -2.41. The summed E-state index contributed by atoms with van der Waals surface area (Å²) in [6.07, 6.45) is 0. The van der Waals surface area contributed by atoms with Gasteiger partial charge in [0.25, 0.3) is 0 Å². The number of alkyl halides is 3. The Bertz CT molecular complexity index is 4630. The molecule has 12 aromatic rings. The number of benzene rings is 9. The van der Waals surface area contributed by atoms with Gasteiger partial charge in [-0.05, 0) is 194 Å².